The van der Waals surface area contributed by atoms with Gasteiger partial charge in [-0.25, -0.2) is 0 Å². The van der Waals surface area contributed by atoms with Crippen molar-refractivity contribution < 1.29 is 14.3 Å². The lowest BCUT2D eigenvalue weighted by molar-refractivity contribution is -0.146. The lowest BCUT2D eigenvalue weighted by Gasteiger charge is -2.27. The minimum absolute atomic E-state index is 0.0813. The van der Waals surface area contributed by atoms with E-state index in [9.17, 15) is 4.79 Å². The second kappa shape index (κ2) is 9.50. The maximum absolute atomic E-state index is 12.1. The van der Waals surface area contributed by atoms with Crippen molar-refractivity contribution in [2.75, 3.05) is 27.3 Å². The third-order valence-corrected chi connectivity index (χ3v) is 3.33. The molecule has 0 heterocycles. The van der Waals surface area contributed by atoms with Gasteiger partial charge in [-0.05, 0) is 25.3 Å². The molecule has 0 bridgehead atoms. The summed E-state index contributed by atoms with van der Waals surface area (Å²) in [5.41, 5.74) is 6.97. The minimum atomic E-state index is -0.518. The van der Waals surface area contributed by atoms with Gasteiger partial charge in [0.15, 0.2) is 6.29 Å². The highest BCUT2D eigenvalue weighted by Gasteiger charge is 2.20. The number of methoxy groups -OCH3 is 2. The van der Waals surface area contributed by atoms with Gasteiger partial charge < -0.3 is 20.1 Å². The number of hydrogen-bond acceptors (Lipinski definition) is 4. The zero-order chi connectivity index (χ0) is 15.7. The summed E-state index contributed by atoms with van der Waals surface area (Å²) >= 11 is 0. The van der Waals surface area contributed by atoms with E-state index in [-0.39, 0.29) is 5.91 Å². The van der Waals surface area contributed by atoms with Crippen LogP contribution in [0.5, 0.6) is 0 Å². The summed E-state index contributed by atoms with van der Waals surface area (Å²) in [7, 11) is 3.12. The molecule has 1 aromatic rings. The highest BCUT2D eigenvalue weighted by molar-refractivity contribution is 5.81. The maximum Gasteiger partial charge on any atom is 0.239 e. The fourth-order valence-electron chi connectivity index (χ4n) is 2.12. The first-order valence-electron chi connectivity index (χ1n) is 7.22. The SMILES string of the molecule is COC(CN(CCCc1ccccc1)C(=O)[C@H](C)N)OC. The molecule has 0 saturated carbocycles. The molecule has 5 nitrogen and oxygen atoms in total. The van der Waals surface area contributed by atoms with E-state index in [2.05, 4.69) is 12.1 Å². The Morgan fingerprint density at radius 2 is 1.86 bits per heavy atom. The highest BCUT2D eigenvalue weighted by atomic mass is 16.7. The summed E-state index contributed by atoms with van der Waals surface area (Å²) < 4.78 is 10.3. The van der Waals surface area contributed by atoms with Gasteiger partial charge in [-0.15, -0.1) is 0 Å². The van der Waals surface area contributed by atoms with Crippen molar-refractivity contribution in [3.63, 3.8) is 0 Å². The molecule has 5 heteroatoms. The highest BCUT2D eigenvalue weighted by Crippen LogP contribution is 2.06. The number of rotatable bonds is 9. The Hall–Kier alpha value is -1.43. The molecule has 0 spiro atoms. The molecule has 1 atom stereocenters. The molecule has 0 unspecified atom stereocenters. The normalized spacial score (nSPS) is 12.4. The van der Waals surface area contributed by atoms with Crippen LogP contribution >= 0.6 is 0 Å². The van der Waals surface area contributed by atoms with Crippen LogP contribution in [0.2, 0.25) is 0 Å². The van der Waals surface area contributed by atoms with Crippen LogP contribution in [0.15, 0.2) is 30.3 Å². The topological polar surface area (TPSA) is 64.8 Å². The summed E-state index contributed by atoms with van der Waals surface area (Å²) in [6.45, 7) is 2.72. The van der Waals surface area contributed by atoms with Crippen molar-refractivity contribution in [1.29, 1.82) is 0 Å². The van der Waals surface area contributed by atoms with E-state index in [4.69, 9.17) is 15.2 Å². The number of benzene rings is 1. The van der Waals surface area contributed by atoms with Crippen LogP contribution in [0.1, 0.15) is 18.9 Å². The number of nitrogens with two attached hydrogens (primary N) is 1. The van der Waals surface area contributed by atoms with E-state index in [1.54, 1.807) is 26.0 Å². The third-order valence-electron chi connectivity index (χ3n) is 3.33. The van der Waals surface area contributed by atoms with Gasteiger partial charge in [0, 0.05) is 20.8 Å². The molecular weight excluding hydrogens is 268 g/mol. The lowest BCUT2D eigenvalue weighted by atomic mass is 10.1. The zero-order valence-electron chi connectivity index (χ0n) is 13.1. The average molecular weight is 294 g/mol. The van der Waals surface area contributed by atoms with Crippen molar-refractivity contribution in [3.8, 4) is 0 Å². The van der Waals surface area contributed by atoms with Gasteiger partial charge in [0.25, 0.3) is 0 Å². The van der Waals surface area contributed by atoms with Gasteiger partial charge in [-0.2, -0.15) is 0 Å². The van der Waals surface area contributed by atoms with E-state index >= 15 is 0 Å². The van der Waals surface area contributed by atoms with Crippen LogP contribution in [0.3, 0.4) is 0 Å². The van der Waals surface area contributed by atoms with Crippen molar-refractivity contribution in [2.45, 2.75) is 32.1 Å². The Labute approximate surface area is 127 Å². The molecule has 0 aliphatic rings. The predicted molar refractivity (Wildman–Crippen MR) is 82.8 cm³/mol. The van der Waals surface area contributed by atoms with E-state index in [1.807, 2.05) is 18.2 Å². The molecule has 1 amide bonds. The largest absolute Gasteiger partial charge is 0.354 e. The molecule has 0 aliphatic heterocycles. The van der Waals surface area contributed by atoms with Crippen LogP contribution < -0.4 is 5.73 Å². The Morgan fingerprint density at radius 3 is 2.38 bits per heavy atom. The number of aryl methyl sites for hydroxylation is 1. The number of nitrogens with zero attached hydrogens (tertiary/aromatic N) is 1. The van der Waals surface area contributed by atoms with E-state index < -0.39 is 12.3 Å². The average Bonchev–Trinajstić information content (AvgIpc) is 2.51. The lowest BCUT2D eigenvalue weighted by Crippen LogP contribution is -2.46. The Morgan fingerprint density at radius 1 is 1.24 bits per heavy atom. The van der Waals surface area contributed by atoms with Crippen LogP contribution in [-0.2, 0) is 20.7 Å². The Balaban J connectivity index is 2.54. The standard InChI is InChI=1S/C16H26N2O3/c1-13(17)16(19)18(12-15(20-2)21-3)11-7-10-14-8-5-4-6-9-14/h4-6,8-9,13,15H,7,10-12,17H2,1-3H3/t13-/m0/s1. The first-order chi connectivity index (χ1) is 10.1. The van der Waals surface area contributed by atoms with Crippen LogP contribution in [-0.4, -0.2) is 50.4 Å². The first kappa shape index (κ1) is 17.6. The van der Waals surface area contributed by atoms with Gasteiger partial charge in [0.1, 0.15) is 0 Å². The minimum Gasteiger partial charge on any atom is -0.354 e. The Bertz CT molecular complexity index is 405. The number of carbonyl (C=O) groups excluding carboxylic acids is 1. The fraction of sp³-hybridized carbons (Fsp3) is 0.562. The van der Waals surface area contributed by atoms with Gasteiger partial charge in [0.2, 0.25) is 5.91 Å². The molecular formula is C16H26N2O3. The van der Waals surface area contributed by atoms with Crippen molar-refractivity contribution in [2.24, 2.45) is 5.73 Å². The third kappa shape index (κ3) is 6.25. The molecule has 0 saturated heterocycles. The van der Waals surface area contributed by atoms with Crippen LogP contribution in [0.25, 0.3) is 0 Å². The van der Waals surface area contributed by atoms with Crippen molar-refractivity contribution in [1.82, 2.24) is 4.90 Å². The fourth-order valence-corrected chi connectivity index (χ4v) is 2.12. The molecule has 118 valence electrons. The summed E-state index contributed by atoms with van der Waals surface area (Å²) in [5.74, 6) is -0.0813. The quantitative estimate of drug-likeness (QED) is 0.700. The molecule has 0 fully saturated rings. The van der Waals surface area contributed by atoms with Crippen molar-refractivity contribution in [3.05, 3.63) is 35.9 Å². The van der Waals surface area contributed by atoms with Gasteiger partial charge in [-0.1, -0.05) is 30.3 Å². The van der Waals surface area contributed by atoms with E-state index in [0.717, 1.165) is 12.8 Å². The van der Waals surface area contributed by atoms with Gasteiger partial charge in [0.05, 0.1) is 12.6 Å². The first-order valence-corrected chi connectivity index (χ1v) is 7.22. The summed E-state index contributed by atoms with van der Waals surface area (Å²) in [6.07, 6.45) is 1.38. The maximum atomic E-state index is 12.1. The predicted octanol–water partition coefficient (Wildman–Crippen LogP) is 1.41. The molecule has 0 radical (unpaired) electrons. The second-order valence-electron chi connectivity index (χ2n) is 5.06. The number of amides is 1. The van der Waals surface area contributed by atoms with Crippen molar-refractivity contribution >= 4 is 5.91 Å². The number of hydrogen-bond donors (Lipinski definition) is 1. The molecule has 1 aromatic carbocycles. The number of carbonyl (C=O) groups is 1. The van der Waals surface area contributed by atoms with Crippen LogP contribution in [0, 0.1) is 0 Å². The second-order valence-corrected chi connectivity index (χ2v) is 5.06. The molecule has 1 rings (SSSR count). The molecule has 0 aromatic heterocycles. The van der Waals surface area contributed by atoms with Crippen LogP contribution in [0.4, 0.5) is 0 Å². The Kier molecular flexibility index (Phi) is 7.97. The smallest absolute Gasteiger partial charge is 0.239 e. The summed E-state index contributed by atoms with van der Waals surface area (Å²) in [5, 5.41) is 0. The summed E-state index contributed by atoms with van der Waals surface area (Å²) in [6, 6.07) is 9.70. The molecule has 0 aliphatic carbocycles. The van der Waals surface area contributed by atoms with Gasteiger partial charge >= 0.3 is 0 Å². The van der Waals surface area contributed by atoms with E-state index in [0.29, 0.717) is 13.1 Å². The monoisotopic (exact) mass is 294 g/mol. The molecule has 2 N–H and O–H groups in total. The number of ether oxygens (including phenoxy) is 2. The molecule has 21 heavy (non-hydrogen) atoms. The summed E-state index contributed by atoms with van der Waals surface area (Å²) in [4.78, 5) is 13.9. The zero-order valence-corrected chi connectivity index (χ0v) is 13.1. The van der Waals surface area contributed by atoms with E-state index in [1.165, 1.54) is 5.56 Å². The van der Waals surface area contributed by atoms with Gasteiger partial charge in [-0.3, -0.25) is 4.79 Å².